The molecule has 0 unspecified atom stereocenters. The summed E-state index contributed by atoms with van der Waals surface area (Å²) < 4.78 is 5.65. The Morgan fingerprint density at radius 1 is 1.21 bits per heavy atom. The minimum Gasteiger partial charge on any atom is -0.367 e. The third kappa shape index (κ3) is 4.22. The molecule has 1 saturated carbocycles. The lowest BCUT2D eigenvalue weighted by Gasteiger charge is -2.30. The number of carbonyl (C=O) groups is 3. The van der Waals surface area contributed by atoms with Gasteiger partial charge in [-0.1, -0.05) is 31.9 Å². The molecule has 4 atom stereocenters. The van der Waals surface area contributed by atoms with E-state index in [9.17, 15) is 14.4 Å². The molecule has 33 heavy (non-hydrogen) atoms. The Bertz CT molecular complexity index is 1060. The highest BCUT2D eigenvalue weighted by Crippen LogP contribution is 2.35. The van der Waals surface area contributed by atoms with Crippen molar-refractivity contribution in [2.75, 3.05) is 13.2 Å². The molecule has 3 aliphatic rings. The number of ketones is 1. The van der Waals surface area contributed by atoms with Gasteiger partial charge in [0.15, 0.2) is 5.78 Å². The lowest BCUT2D eigenvalue weighted by Crippen LogP contribution is -2.54. The van der Waals surface area contributed by atoms with Crippen LogP contribution in [0.4, 0.5) is 0 Å². The molecular formula is C25H29N3O4S. The van der Waals surface area contributed by atoms with Gasteiger partial charge in [0.2, 0.25) is 5.91 Å². The van der Waals surface area contributed by atoms with E-state index in [-0.39, 0.29) is 42.1 Å². The summed E-state index contributed by atoms with van der Waals surface area (Å²) in [5.74, 6) is -0.262. The fraction of sp³-hybridized carbons (Fsp3) is 0.520. The summed E-state index contributed by atoms with van der Waals surface area (Å²) in [6, 6.07) is 6.18. The first-order valence-electron chi connectivity index (χ1n) is 11.7. The molecule has 7 nitrogen and oxygen atoms in total. The zero-order valence-corrected chi connectivity index (χ0v) is 19.8. The van der Waals surface area contributed by atoms with Crippen molar-refractivity contribution in [3.8, 4) is 11.3 Å². The van der Waals surface area contributed by atoms with Gasteiger partial charge < -0.3 is 15.0 Å². The average molecular weight is 468 g/mol. The van der Waals surface area contributed by atoms with Crippen molar-refractivity contribution < 1.29 is 19.1 Å². The number of rotatable bonds is 5. The molecule has 0 radical (unpaired) electrons. The fourth-order valence-electron chi connectivity index (χ4n) is 5.48. The monoisotopic (exact) mass is 467 g/mol. The first-order chi connectivity index (χ1) is 15.9. The van der Waals surface area contributed by atoms with Gasteiger partial charge in [-0.15, -0.1) is 11.3 Å². The molecule has 174 valence electrons. The van der Waals surface area contributed by atoms with Gasteiger partial charge in [0.1, 0.15) is 18.7 Å². The van der Waals surface area contributed by atoms with Gasteiger partial charge in [-0.05, 0) is 37.8 Å². The van der Waals surface area contributed by atoms with Crippen molar-refractivity contribution in [1.82, 2.24) is 15.2 Å². The molecule has 0 bridgehead atoms. The quantitative estimate of drug-likeness (QED) is 0.729. The van der Waals surface area contributed by atoms with Gasteiger partial charge in [0.05, 0.1) is 16.8 Å². The molecule has 8 heteroatoms. The molecule has 2 saturated heterocycles. The number of thiazole rings is 1. The number of aromatic nitrogens is 1. The van der Waals surface area contributed by atoms with Crippen molar-refractivity contribution >= 4 is 28.9 Å². The van der Waals surface area contributed by atoms with Crippen molar-refractivity contribution in [3.63, 3.8) is 0 Å². The second kappa shape index (κ2) is 8.99. The zero-order chi connectivity index (χ0) is 23.1. The van der Waals surface area contributed by atoms with Crippen LogP contribution < -0.4 is 5.32 Å². The number of ether oxygens (including phenoxy) is 1. The van der Waals surface area contributed by atoms with Crippen LogP contribution in [0.1, 0.15) is 48.0 Å². The number of hydrogen-bond acceptors (Lipinski definition) is 6. The highest BCUT2D eigenvalue weighted by molar-refractivity contribution is 7.09. The molecule has 3 fully saturated rings. The molecule has 3 heterocycles. The maximum Gasteiger partial charge on any atom is 0.251 e. The zero-order valence-electron chi connectivity index (χ0n) is 19.0. The van der Waals surface area contributed by atoms with Gasteiger partial charge in [0, 0.05) is 29.0 Å². The molecule has 0 spiro atoms. The van der Waals surface area contributed by atoms with Crippen molar-refractivity contribution in [2.45, 2.75) is 57.7 Å². The van der Waals surface area contributed by atoms with Crippen LogP contribution in [0.15, 0.2) is 29.6 Å². The van der Waals surface area contributed by atoms with E-state index < -0.39 is 12.1 Å². The standard InChI is InChI=1S/C25H29N3O4S/c1-14-11-28(22-20(29)12-32-23(14)22)25(31)21(17-5-3-4-6-17)27-24(30)18-9-7-16(8-10-18)19-13-33-15(2)26-19/h7-10,13-14,17,21-23H,3-6,11-12H2,1-2H3,(H,27,30)/t14-,21-,22+,23+/m0/s1. The minimum absolute atomic E-state index is 0.0398. The van der Waals surface area contributed by atoms with Crippen LogP contribution in [-0.2, 0) is 14.3 Å². The number of amides is 2. The van der Waals surface area contributed by atoms with Crippen LogP contribution in [0.25, 0.3) is 11.3 Å². The summed E-state index contributed by atoms with van der Waals surface area (Å²) in [5.41, 5.74) is 2.36. The van der Waals surface area contributed by atoms with Gasteiger partial charge >= 0.3 is 0 Å². The summed E-state index contributed by atoms with van der Waals surface area (Å²) in [5, 5.41) is 6.02. The summed E-state index contributed by atoms with van der Waals surface area (Å²) >= 11 is 1.59. The smallest absolute Gasteiger partial charge is 0.251 e. The van der Waals surface area contributed by atoms with E-state index >= 15 is 0 Å². The number of aryl methyl sites for hydroxylation is 1. The number of carbonyl (C=O) groups excluding carboxylic acids is 3. The summed E-state index contributed by atoms with van der Waals surface area (Å²) in [6.07, 6.45) is 3.68. The number of fused-ring (bicyclic) bond motifs is 1. The lowest BCUT2D eigenvalue weighted by molar-refractivity contribution is -0.139. The van der Waals surface area contributed by atoms with E-state index in [1.807, 2.05) is 31.4 Å². The number of Topliss-reactive ketones (excluding diaryl/α,β-unsaturated/α-hetero) is 1. The van der Waals surface area contributed by atoms with Gasteiger partial charge in [-0.3, -0.25) is 14.4 Å². The number of likely N-dealkylation sites (tertiary alicyclic amines) is 1. The van der Waals surface area contributed by atoms with E-state index in [0.717, 1.165) is 41.9 Å². The minimum atomic E-state index is -0.625. The molecule has 1 aromatic heterocycles. The van der Waals surface area contributed by atoms with Crippen LogP contribution >= 0.6 is 11.3 Å². The fourth-order valence-corrected chi connectivity index (χ4v) is 6.11. The van der Waals surface area contributed by atoms with E-state index in [1.54, 1.807) is 28.4 Å². The molecule has 1 aromatic carbocycles. The largest absolute Gasteiger partial charge is 0.367 e. The SMILES string of the molecule is Cc1nc(-c2ccc(C(=O)N[C@H](C(=O)N3C[C@H](C)[C@H]4OCC(=O)[C@H]43)C3CCCC3)cc2)cs1. The highest BCUT2D eigenvalue weighted by atomic mass is 32.1. The average Bonchev–Trinajstić information content (AvgIpc) is 3.60. The molecule has 5 rings (SSSR count). The molecule has 1 N–H and O–H groups in total. The Morgan fingerprint density at radius 3 is 2.61 bits per heavy atom. The number of nitrogens with one attached hydrogen (secondary N) is 1. The Kier molecular flexibility index (Phi) is 6.05. The number of nitrogens with zero attached hydrogens (tertiary/aromatic N) is 2. The van der Waals surface area contributed by atoms with Crippen molar-refractivity contribution in [2.24, 2.45) is 11.8 Å². The lowest BCUT2D eigenvalue weighted by atomic mass is 9.95. The maximum atomic E-state index is 13.7. The Balaban J connectivity index is 1.34. The van der Waals surface area contributed by atoms with Gasteiger partial charge in [-0.2, -0.15) is 0 Å². The third-order valence-electron chi connectivity index (χ3n) is 7.21. The molecule has 2 aliphatic heterocycles. The van der Waals surface area contributed by atoms with Gasteiger partial charge in [0.25, 0.3) is 5.91 Å². The van der Waals surface area contributed by atoms with Crippen LogP contribution in [-0.4, -0.2) is 58.8 Å². The molecular weight excluding hydrogens is 438 g/mol. The second-order valence-corrected chi connectivity index (χ2v) is 10.5. The van der Waals surface area contributed by atoms with Crippen LogP contribution in [0, 0.1) is 18.8 Å². The van der Waals surface area contributed by atoms with Crippen molar-refractivity contribution in [1.29, 1.82) is 0 Å². The Hall–Kier alpha value is -2.58. The number of benzene rings is 1. The Morgan fingerprint density at radius 2 is 1.94 bits per heavy atom. The number of hydrogen-bond donors (Lipinski definition) is 1. The highest BCUT2D eigenvalue weighted by Gasteiger charge is 2.52. The Labute approximate surface area is 197 Å². The summed E-state index contributed by atoms with van der Waals surface area (Å²) in [4.78, 5) is 45.4. The maximum absolute atomic E-state index is 13.7. The van der Waals surface area contributed by atoms with E-state index in [1.165, 1.54) is 0 Å². The topological polar surface area (TPSA) is 88.6 Å². The van der Waals surface area contributed by atoms with Crippen LogP contribution in [0.2, 0.25) is 0 Å². The van der Waals surface area contributed by atoms with E-state index in [0.29, 0.717) is 12.1 Å². The van der Waals surface area contributed by atoms with E-state index in [4.69, 9.17) is 4.74 Å². The first-order valence-corrected chi connectivity index (χ1v) is 12.6. The predicted molar refractivity (Wildman–Crippen MR) is 125 cm³/mol. The first kappa shape index (κ1) is 22.2. The second-order valence-electron chi connectivity index (χ2n) is 9.48. The summed E-state index contributed by atoms with van der Waals surface area (Å²) in [7, 11) is 0. The molecule has 1 aliphatic carbocycles. The van der Waals surface area contributed by atoms with Gasteiger partial charge in [-0.25, -0.2) is 4.98 Å². The predicted octanol–water partition coefficient (Wildman–Crippen LogP) is 3.22. The normalized spacial score (nSPS) is 25.9. The third-order valence-corrected chi connectivity index (χ3v) is 7.98. The van der Waals surface area contributed by atoms with Crippen molar-refractivity contribution in [3.05, 3.63) is 40.2 Å². The summed E-state index contributed by atoms with van der Waals surface area (Å²) in [6.45, 7) is 4.53. The van der Waals surface area contributed by atoms with Crippen LogP contribution in [0.5, 0.6) is 0 Å². The molecule has 2 aromatic rings. The van der Waals surface area contributed by atoms with E-state index in [2.05, 4.69) is 10.3 Å². The van der Waals surface area contributed by atoms with Crippen LogP contribution in [0.3, 0.4) is 0 Å². The molecule has 2 amide bonds.